The fraction of sp³-hybridized carbons (Fsp3) is 0.500. The zero-order chi connectivity index (χ0) is 12.1. The van der Waals surface area contributed by atoms with Crippen LogP contribution >= 0.6 is 27.3 Å². The number of halogens is 2. The molecule has 0 amide bonds. The number of rotatable bonds is 6. The second-order valence-electron chi connectivity index (χ2n) is 4.34. The van der Waals surface area contributed by atoms with E-state index < -0.39 is 0 Å². The van der Waals surface area contributed by atoms with E-state index in [0.29, 0.717) is 0 Å². The molecule has 0 saturated heterocycles. The fourth-order valence-corrected chi connectivity index (χ4v) is 3.59. The Hall–Kier alpha value is 0.0700. The van der Waals surface area contributed by atoms with Gasteiger partial charge in [0.1, 0.15) is 11.2 Å². The van der Waals surface area contributed by atoms with Crippen LogP contribution in [0.4, 0.5) is 0 Å². The van der Waals surface area contributed by atoms with E-state index in [2.05, 4.69) is 51.7 Å². The van der Waals surface area contributed by atoms with Crippen molar-refractivity contribution < 1.29 is 21.5 Å². The van der Waals surface area contributed by atoms with Crippen LogP contribution in [0.5, 0.6) is 0 Å². The standard InChI is InChI=1S/C14H19BrNS.BrH/c1-12-16(11-7-3-2-6-10-15)13-8-4-5-9-14(13)17-12;/h4-5,8-9H,2-3,6-7,10-11H2,1H3;1H/q+1;/p-1. The molecular weight excluding hydrogens is 374 g/mol. The predicted octanol–water partition coefficient (Wildman–Crippen LogP) is 1.46. The van der Waals surface area contributed by atoms with Crippen molar-refractivity contribution in [1.82, 2.24) is 0 Å². The molecule has 2 rings (SSSR count). The van der Waals surface area contributed by atoms with E-state index in [0.717, 1.165) is 11.9 Å². The van der Waals surface area contributed by atoms with Gasteiger partial charge < -0.3 is 17.0 Å². The maximum Gasteiger partial charge on any atom is 0.235 e. The second-order valence-corrected chi connectivity index (χ2v) is 6.37. The molecule has 4 heteroatoms. The lowest BCUT2D eigenvalue weighted by molar-refractivity contribution is -0.673. The molecule has 1 nitrogen and oxygen atoms in total. The molecule has 0 fully saturated rings. The van der Waals surface area contributed by atoms with E-state index in [4.69, 9.17) is 0 Å². The average Bonchev–Trinajstić information content (AvgIpc) is 2.65. The van der Waals surface area contributed by atoms with Crippen LogP contribution in [0.1, 0.15) is 30.7 Å². The molecule has 0 unspecified atom stereocenters. The lowest BCUT2D eigenvalue weighted by atomic mass is 10.2. The summed E-state index contributed by atoms with van der Waals surface area (Å²) in [7, 11) is 0. The molecule has 0 radical (unpaired) electrons. The van der Waals surface area contributed by atoms with Gasteiger partial charge in [0, 0.05) is 24.7 Å². The lowest BCUT2D eigenvalue weighted by Gasteiger charge is -1.97. The molecule has 0 aliphatic carbocycles. The largest absolute Gasteiger partial charge is 1.00 e. The van der Waals surface area contributed by atoms with Crippen LogP contribution in [-0.4, -0.2) is 5.33 Å². The minimum absolute atomic E-state index is 0. The van der Waals surface area contributed by atoms with Gasteiger partial charge in [-0.3, -0.25) is 0 Å². The molecule has 0 saturated carbocycles. The normalized spacial score (nSPS) is 10.6. The van der Waals surface area contributed by atoms with Crippen LogP contribution in [0.15, 0.2) is 24.3 Å². The van der Waals surface area contributed by atoms with Crippen molar-refractivity contribution in [3.05, 3.63) is 29.3 Å². The minimum atomic E-state index is 0. The van der Waals surface area contributed by atoms with Crippen LogP contribution in [0.2, 0.25) is 0 Å². The number of alkyl halides is 1. The maximum absolute atomic E-state index is 3.48. The number of unbranched alkanes of at least 4 members (excludes halogenated alkanes) is 3. The Kier molecular flexibility index (Phi) is 7.42. The molecule has 0 aliphatic rings. The SMILES string of the molecule is Cc1sc2ccccc2[n+]1CCCCCCBr.[Br-]. The Morgan fingerprint density at radius 2 is 1.83 bits per heavy atom. The molecule has 1 heterocycles. The summed E-state index contributed by atoms with van der Waals surface area (Å²) >= 11 is 5.38. The Labute approximate surface area is 132 Å². The second kappa shape index (κ2) is 8.28. The van der Waals surface area contributed by atoms with Crippen molar-refractivity contribution in [2.45, 2.75) is 39.2 Å². The Bertz CT molecular complexity index is 482. The lowest BCUT2D eigenvalue weighted by Crippen LogP contribution is -3.00. The minimum Gasteiger partial charge on any atom is -1.00 e. The topological polar surface area (TPSA) is 3.88 Å². The van der Waals surface area contributed by atoms with Crippen molar-refractivity contribution in [3.8, 4) is 0 Å². The third-order valence-electron chi connectivity index (χ3n) is 3.06. The van der Waals surface area contributed by atoms with Crippen LogP contribution in [0, 0.1) is 6.92 Å². The van der Waals surface area contributed by atoms with Crippen LogP contribution in [0.25, 0.3) is 10.2 Å². The van der Waals surface area contributed by atoms with Crippen molar-refractivity contribution in [2.75, 3.05) is 5.33 Å². The van der Waals surface area contributed by atoms with Gasteiger partial charge in [-0.15, -0.1) is 0 Å². The molecule has 18 heavy (non-hydrogen) atoms. The Morgan fingerprint density at radius 3 is 2.61 bits per heavy atom. The predicted molar refractivity (Wildman–Crippen MR) is 79.0 cm³/mol. The fourth-order valence-electron chi connectivity index (χ4n) is 2.15. The number of fused-ring (bicyclic) bond motifs is 1. The van der Waals surface area contributed by atoms with Gasteiger partial charge in [0.15, 0.2) is 0 Å². The van der Waals surface area contributed by atoms with E-state index in [1.165, 1.54) is 40.9 Å². The molecule has 100 valence electrons. The first-order chi connectivity index (χ1) is 8.33. The summed E-state index contributed by atoms with van der Waals surface area (Å²) in [5, 5.41) is 2.56. The van der Waals surface area contributed by atoms with E-state index >= 15 is 0 Å². The van der Waals surface area contributed by atoms with Gasteiger partial charge in [-0.2, -0.15) is 4.57 Å². The summed E-state index contributed by atoms with van der Waals surface area (Å²) in [6, 6.07) is 8.71. The number of thiazole rings is 1. The maximum atomic E-state index is 3.48. The highest BCUT2D eigenvalue weighted by Crippen LogP contribution is 2.19. The number of para-hydroxylation sites is 1. The summed E-state index contributed by atoms with van der Waals surface area (Å²) in [5.74, 6) is 0. The van der Waals surface area contributed by atoms with E-state index in [9.17, 15) is 0 Å². The first-order valence-corrected chi connectivity index (χ1v) is 8.20. The number of benzene rings is 1. The zero-order valence-electron chi connectivity index (χ0n) is 10.7. The van der Waals surface area contributed by atoms with Gasteiger partial charge in [0.05, 0.1) is 0 Å². The molecule has 1 aromatic heterocycles. The highest BCUT2D eigenvalue weighted by molar-refractivity contribution is 9.09. The highest BCUT2D eigenvalue weighted by atomic mass is 79.9. The average molecular weight is 393 g/mol. The number of nitrogens with zero attached hydrogens (tertiary/aromatic N) is 1. The monoisotopic (exact) mass is 391 g/mol. The number of hydrogen-bond donors (Lipinski definition) is 0. The number of hydrogen-bond acceptors (Lipinski definition) is 1. The van der Waals surface area contributed by atoms with Crippen molar-refractivity contribution in [1.29, 1.82) is 0 Å². The van der Waals surface area contributed by atoms with Crippen molar-refractivity contribution >= 4 is 37.5 Å². The molecule has 1 aromatic carbocycles. The number of aryl methyl sites for hydroxylation is 2. The van der Waals surface area contributed by atoms with Crippen molar-refractivity contribution in [2.24, 2.45) is 0 Å². The molecule has 0 atom stereocenters. The van der Waals surface area contributed by atoms with Crippen LogP contribution < -0.4 is 21.5 Å². The summed E-state index contributed by atoms with van der Waals surface area (Å²) in [5.41, 5.74) is 1.40. The quantitative estimate of drug-likeness (QED) is 0.398. The smallest absolute Gasteiger partial charge is 0.235 e. The number of aromatic nitrogens is 1. The molecule has 0 spiro atoms. The molecule has 2 aromatic rings. The molecular formula is C14H19Br2NS. The van der Waals surface area contributed by atoms with E-state index in [-0.39, 0.29) is 17.0 Å². The van der Waals surface area contributed by atoms with Crippen LogP contribution in [-0.2, 0) is 6.54 Å². The van der Waals surface area contributed by atoms with Gasteiger partial charge in [0.2, 0.25) is 10.5 Å². The summed E-state index contributed by atoms with van der Waals surface area (Å²) in [6.45, 7) is 3.39. The Balaban J connectivity index is 0.00000162. The van der Waals surface area contributed by atoms with Crippen LogP contribution in [0.3, 0.4) is 0 Å². The van der Waals surface area contributed by atoms with Gasteiger partial charge in [-0.1, -0.05) is 45.8 Å². The molecule has 0 aliphatic heterocycles. The summed E-state index contributed by atoms with van der Waals surface area (Å²) in [4.78, 5) is 0. The van der Waals surface area contributed by atoms with Gasteiger partial charge in [-0.25, -0.2) is 0 Å². The van der Waals surface area contributed by atoms with Gasteiger partial charge in [0.25, 0.3) is 0 Å². The van der Waals surface area contributed by atoms with E-state index in [1.54, 1.807) is 0 Å². The third-order valence-corrected chi connectivity index (χ3v) is 4.70. The third kappa shape index (κ3) is 4.04. The molecule has 0 bridgehead atoms. The summed E-state index contributed by atoms with van der Waals surface area (Å²) < 4.78 is 3.87. The first kappa shape index (κ1) is 16.1. The van der Waals surface area contributed by atoms with E-state index in [1.807, 2.05) is 11.3 Å². The summed E-state index contributed by atoms with van der Waals surface area (Å²) in [6.07, 6.45) is 5.27. The molecule has 0 N–H and O–H groups in total. The van der Waals surface area contributed by atoms with Crippen molar-refractivity contribution in [3.63, 3.8) is 0 Å². The zero-order valence-corrected chi connectivity index (χ0v) is 14.7. The first-order valence-electron chi connectivity index (χ1n) is 6.27. The van der Waals surface area contributed by atoms with Gasteiger partial charge >= 0.3 is 0 Å². The van der Waals surface area contributed by atoms with Gasteiger partial charge in [-0.05, 0) is 18.9 Å². The highest BCUT2D eigenvalue weighted by Gasteiger charge is 2.15. The Morgan fingerprint density at radius 1 is 1.11 bits per heavy atom.